The molecule has 0 N–H and O–H groups in total. The lowest BCUT2D eigenvalue weighted by Gasteiger charge is -2.30. The lowest BCUT2D eigenvalue weighted by atomic mass is 9.80. The quantitative estimate of drug-likeness (QED) is 0.742. The number of hydrogen-bond donors (Lipinski definition) is 0. The predicted molar refractivity (Wildman–Crippen MR) is 74.6 cm³/mol. The van der Waals surface area contributed by atoms with E-state index in [-0.39, 0.29) is 12.1 Å². The van der Waals surface area contributed by atoms with Crippen molar-refractivity contribution in [3.63, 3.8) is 0 Å². The topological polar surface area (TPSA) is 26.3 Å². The Morgan fingerprint density at radius 1 is 1.00 bits per heavy atom. The zero-order chi connectivity index (χ0) is 13.1. The van der Waals surface area contributed by atoms with Crippen LogP contribution in [-0.2, 0) is 9.53 Å². The first-order chi connectivity index (χ1) is 9.33. The Hall–Kier alpha value is -1.57. The minimum atomic E-state index is -0.166. The molecule has 2 heteroatoms. The van der Waals surface area contributed by atoms with Crippen LogP contribution in [0.25, 0.3) is 0 Å². The molecule has 0 amide bonds. The summed E-state index contributed by atoms with van der Waals surface area (Å²) in [5, 5.41) is 0. The number of ether oxygens (including phenoxy) is 1. The fourth-order valence-corrected chi connectivity index (χ4v) is 3.25. The molecular weight excluding hydrogens is 236 g/mol. The molecule has 2 aliphatic rings. The molecule has 0 unspecified atom stereocenters. The van der Waals surface area contributed by atoms with Gasteiger partial charge < -0.3 is 4.74 Å². The Bertz CT molecular complexity index is 469. The van der Waals surface area contributed by atoms with Gasteiger partial charge in [-0.15, -0.1) is 0 Å². The van der Waals surface area contributed by atoms with Gasteiger partial charge in [0.1, 0.15) is 6.10 Å². The summed E-state index contributed by atoms with van der Waals surface area (Å²) in [5.74, 6) is 0.438. The maximum absolute atomic E-state index is 11.8. The van der Waals surface area contributed by atoms with Gasteiger partial charge in [-0.2, -0.15) is 0 Å². The SMILES string of the molecule is O=C1C=C(C2CCCCC2)C[C@H](c2ccccc2)O1. The summed E-state index contributed by atoms with van der Waals surface area (Å²) >= 11 is 0. The summed E-state index contributed by atoms with van der Waals surface area (Å²) in [7, 11) is 0. The summed E-state index contributed by atoms with van der Waals surface area (Å²) in [6.07, 6.45) is 8.95. The molecule has 1 heterocycles. The van der Waals surface area contributed by atoms with Crippen molar-refractivity contribution in [1.82, 2.24) is 0 Å². The van der Waals surface area contributed by atoms with Crippen LogP contribution in [0.1, 0.15) is 50.2 Å². The van der Waals surface area contributed by atoms with Crippen molar-refractivity contribution in [2.24, 2.45) is 5.92 Å². The highest BCUT2D eigenvalue weighted by Crippen LogP contribution is 2.38. The third-order valence-corrected chi connectivity index (χ3v) is 4.28. The van der Waals surface area contributed by atoms with Crippen LogP contribution in [-0.4, -0.2) is 5.97 Å². The number of benzene rings is 1. The van der Waals surface area contributed by atoms with Crippen molar-refractivity contribution in [1.29, 1.82) is 0 Å². The molecule has 100 valence electrons. The number of hydrogen-bond acceptors (Lipinski definition) is 2. The second-order valence-corrected chi connectivity index (χ2v) is 5.59. The van der Waals surface area contributed by atoms with Crippen molar-refractivity contribution in [3.05, 3.63) is 47.5 Å². The smallest absolute Gasteiger partial charge is 0.331 e. The van der Waals surface area contributed by atoms with Crippen molar-refractivity contribution in [2.75, 3.05) is 0 Å². The molecule has 1 atom stereocenters. The fraction of sp³-hybridized carbons (Fsp3) is 0.471. The van der Waals surface area contributed by atoms with E-state index in [2.05, 4.69) is 0 Å². The normalized spacial score (nSPS) is 24.7. The Balaban J connectivity index is 1.77. The van der Waals surface area contributed by atoms with E-state index in [1.807, 2.05) is 30.3 Å². The van der Waals surface area contributed by atoms with E-state index < -0.39 is 0 Å². The van der Waals surface area contributed by atoms with E-state index in [1.165, 1.54) is 37.7 Å². The number of carbonyl (C=O) groups is 1. The molecule has 1 aliphatic heterocycles. The van der Waals surface area contributed by atoms with Gasteiger partial charge in [0.05, 0.1) is 0 Å². The van der Waals surface area contributed by atoms with Crippen LogP contribution in [0, 0.1) is 5.92 Å². The highest BCUT2D eigenvalue weighted by Gasteiger charge is 2.28. The van der Waals surface area contributed by atoms with Gasteiger partial charge in [0.2, 0.25) is 0 Å². The predicted octanol–water partition coefficient (Wildman–Crippen LogP) is 4.18. The Morgan fingerprint density at radius 2 is 1.74 bits per heavy atom. The molecule has 0 spiro atoms. The van der Waals surface area contributed by atoms with Gasteiger partial charge in [0.15, 0.2) is 0 Å². The van der Waals surface area contributed by atoms with Gasteiger partial charge in [-0.25, -0.2) is 4.79 Å². The molecule has 0 radical (unpaired) electrons. The van der Waals surface area contributed by atoms with E-state index in [0.29, 0.717) is 5.92 Å². The van der Waals surface area contributed by atoms with Crippen molar-refractivity contribution < 1.29 is 9.53 Å². The van der Waals surface area contributed by atoms with Crippen LogP contribution in [0.5, 0.6) is 0 Å². The van der Waals surface area contributed by atoms with Crippen molar-refractivity contribution in [2.45, 2.75) is 44.6 Å². The first-order valence-corrected chi connectivity index (χ1v) is 7.29. The molecule has 1 aromatic carbocycles. The molecule has 3 rings (SSSR count). The van der Waals surface area contributed by atoms with E-state index >= 15 is 0 Å². The third kappa shape index (κ3) is 2.89. The molecule has 0 aromatic heterocycles. The maximum Gasteiger partial charge on any atom is 0.331 e. The average molecular weight is 256 g/mol. The molecule has 1 fully saturated rings. The van der Waals surface area contributed by atoms with E-state index in [9.17, 15) is 4.79 Å². The summed E-state index contributed by atoms with van der Waals surface area (Å²) in [6.45, 7) is 0. The average Bonchev–Trinajstić information content (AvgIpc) is 2.48. The van der Waals surface area contributed by atoms with Crippen molar-refractivity contribution in [3.8, 4) is 0 Å². The molecule has 19 heavy (non-hydrogen) atoms. The summed E-state index contributed by atoms with van der Waals surface area (Å²) in [6, 6.07) is 10.1. The molecule has 2 nitrogen and oxygen atoms in total. The fourth-order valence-electron chi connectivity index (χ4n) is 3.25. The zero-order valence-electron chi connectivity index (χ0n) is 11.2. The molecule has 0 saturated heterocycles. The Kier molecular flexibility index (Phi) is 3.67. The van der Waals surface area contributed by atoms with Crippen LogP contribution in [0.2, 0.25) is 0 Å². The summed E-state index contributed by atoms with van der Waals surface area (Å²) in [5.41, 5.74) is 2.42. The minimum Gasteiger partial charge on any atom is -0.454 e. The zero-order valence-corrected chi connectivity index (χ0v) is 11.2. The van der Waals surface area contributed by atoms with Crippen molar-refractivity contribution >= 4 is 5.97 Å². The molecular formula is C17H20O2. The van der Waals surface area contributed by atoms with Crippen LogP contribution in [0.15, 0.2) is 42.0 Å². The van der Waals surface area contributed by atoms with Crippen LogP contribution >= 0.6 is 0 Å². The van der Waals surface area contributed by atoms with Gasteiger partial charge in [-0.05, 0) is 24.3 Å². The van der Waals surface area contributed by atoms with E-state index in [4.69, 9.17) is 4.74 Å². The minimum absolute atomic E-state index is 0.0874. The Labute approximate surface area is 114 Å². The third-order valence-electron chi connectivity index (χ3n) is 4.28. The lowest BCUT2D eigenvalue weighted by molar-refractivity contribution is -0.145. The summed E-state index contributed by atoms with van der Waals surface area (Å²) in [4.78, 5) is 11.8. The van der Waals surface area contributed by atoms with Gasteiger partial charge >= 0.3 is 5.97 Å². The standard InChI is InChI=1S/C17H20O2/c18-17-12-15(13-7-3-1-4-8-13)11-16(19-17)14-9-5-2-6-10-14/h2,5-6,9-10,12-13,16H,1,3-4,7-8,11H2/t16-/m1/s1. The number of carbonyl (C=O) groups excluding carboxylic acids is 1. The molecule has 1 saturated carbocycles. The van der Waals surface area contributed by atoms with Gasteiger partial charge in [-0.3, -0.25) is 0 Å². The second-order valence-electron chi connectivity index (χ2n) is 5.59. The maximum atomic E-state index is 11.8. The number of rotatable bonds is 2. The first kappa shape index (κ1) is 12.5. The number of cyclic esters (lactones) is 1. The van der Waals surface area contributed by atoms with Gasteiger partial charge in [0, 0.05) is 12.5 Å². The summed E-state index contributed by atoms with van der Waals surface area (Å²) < 4.78 is 5.48. The van der Waals surface area contributed by atoms with Gasteiger partial charge in [0.25, 0.3) is 0 Å². The van der Waals surface area contributed by atoms with Crippen LogP contribution in [0.4, 0.5) is 0 Å². The monoisotopic (exact) mass is 256 g/mol. The van der Waals surface area contributed by atoms with Crippen LogP contribution < -0.4 is 0 Å². The van der Waals surface area contributed by atoms with Gasteiger partial charge in [-0.1, -0.05) is 55.2 Å². The second kappa shape index (κ2) is 5.60. The number of esters is 1. The van der Waals surface area contributed by atoms with E-state index in [0.717, 1.165) is 12.0 Å². The first-order valence-electron chi connectivity index (χ1n) is 7.29. The Morgan fingerprint density at radius 3 is 2.47 bits per heavy atom. The lowest BCUT2D eigenvalue weighted by Crippen LogP contribution is -2.21. The highest BCUT2D eigenvalue weighted by molar-refractivity contribution is 5.84. The largest absolute Gasteiger partial charge is 0.454 e. The highest BCUT2D eigenvalue weighted by atomic mass is 16.5. The van der Waals surface area contributed by atoms with E-state index in [1.54, 1.807) is 6.08 Å². The molecule has 1 aliphatic carbocycles. The van der Waals surface area contributed by atoms with Crippen LogP contribution in [0.3, 0.4) is 0 Å². The molecule has 0 bridgehead atoms. The molecule has 1 aromatic rings.